The first-order chi connectivity index (χ1) is 12.0. The van der Waals surface area contributed by atoms with Crippen LogP contribution in [-0.4, -0.2) is 39.0 Å². The summed E-state index contributed by atoms with van der Waals surface area (Å²) in [6.07, 6.45) is 2.07. The Kier molecular flexibility index (Phi) is 5.75. The number of anilines is 1. The first kappa shape index (κ1) is 17.9. The quantitative estimate of drug-likeness (QED) is 0.803. The minimum Gasteiger partial charge on any atom is -0.317 e. The Morgan fingerprint density at radius 1 is 1.28 bits per heavy atom. The Morgan fingerprint density at radius 2 is 1.96 bits per heavy atom. The lowest BCUT2D eigenvalue weighted by Gasteiger charge is -2.19. The first-order valence-electron chi connectivity index (χ1n) is 8.72. The van der Waals surface area contributed by atoms with Gasteiger partial charge in [0.25, 0.3) is 5.91 Å². The lowest BCUT2D eigenvalue weighted by molar-refractivity contribution is 0.102. The van der Waals surface area contributed by atoms with Crippen LogP contribution in [0.15, 0.2) is 29.2 Å². The normalized spacial score (nSPS) is 15.5. The van der Waals surface area contributed by atoms with E-state index in [0.29, 0.717) is 22.7 Å². The summed E-state index contributed by atoms with van der Waals surface area (Å²) in [7, 11) is 1.82. The molecule has 1 aromatic carbocycles. The summed E-state index contributed by atoms with van der Waals surface area (Å²) < 4.78 is 1.65. The maximum atomic E-state index is 12.5. The molecule has 1 aliphatic rings. The molecule has 0 bridgehead atoms. The molecule has 2 N–H and O–H groups in total. The molecule has 0 atom stereocenters. The van der Waals surface area contributed by atoms with Gasteiger partial charge in [0.05, 0.1) is 0 Å². The van der Waals surface area contributed by atoms with Crippen LogP contribution < -0.4 is 10.6 Å². The molecular formula is C18H25N5OS. The van der Waals surface area contributed by atoms with Crippen LogP contribution >= 0.6 is 11.8 Å². The summed E-state index contributed by atoms with van der Waals surface area (Å²) >= 11 is 1.78. The van der Waals surface area contributed by atoms with Gasteiger partial charge < -0.3 is 5.32 Å². The number of nitrogens with one attached hydrogen (secondary N) is 2. The lowest BCUT2D eigenvalue weighted by Crippen LogP contribution is -2.27. The number of benzene rings is 1. The number of hydrogen-bond donors (Lipinski definition) is 2. The van der Waals surface area contributed by atoms with Crippen molar-refractivity contribution in [2.24, 2.45) is 7.05 Å². The van der Waals surface area contributed by atoms with Crippen molar-refractivity contribution in [3.05, 3.63) is 35.7 Å². The number of rotatable bonds is 5. The lowest BCUT2D eigenvalue weighted by atomic mass is 9.98. The van der Waals surface area contributed by atoms with Gasteiger partial charge in [-0.2, -0.15) is 10.1 Å². The number of amides is 1. The molecule has 2 heterocycles. The van der Waals surface area contributed by atoms with Crippen LogP contribution in [0.4, 0.5) is 5.95 Å². The molecule has 1 fully saturated rings. The van der Waals surface area contributed by atoms with Crippen LogP contribution in [0, 0.1) is 0 Å². The molecule has 1 amide bonds. The minimum absolute atomic E-state index is 0.159. The molecule has 1 saturated heterocycles. The van der Waals surface area contributed by atoms with Gasteiger partial charge >= 0.3 is 0 Å². The molecule has 6 nitrogen and oxygen atoms in total. The number of nitrogens with zero attached hydrogens (tertiary/aromatic N) is 3. The van der Waals surface area contributed by atoms with E-state index in [2.05, 4.69) is 34.6 Å². The van der Waals surface area contributed by atoms with Gasteiger partial charge in [0.2, 0.25) is 5.95 Å². The van der Waals surface area contributed by atoms with Crippen molar-refractivity contribution >= 4 is 23.6 Å². The third kappa shape index (κ3) is 4.61. The van der Waals surface area contributed by atoms with Crippen molar-refractivity contribution in [1.82, 2.24) is 20.1 Å². The predicted octanol–water partition coefficient (Wildman–Crippen LogP) is 3.03. The molecular weight excluding hydrogens is 334 g/mol. The zero-order valence-electron chi connectivity index (χ0n) is 15.0. The van der Waals surface area contributed by atoms with Crippen molar-refractivity contribution in [1.29, 1.82) is 0 Å². The summed E-state index contributed by atoms with van der Waals surface area (Å²) in [5.74, 6) is 1.53. The van der Waals surface area contributed by atoms with Crippen LogP contribution in [-0.2, 0) is 7.05 Å². The number of aromatic nitrogens is 3. The maximum Gasteiger partial charge on any atom is 0.258 e. The van der Waals surface area contributed by atoms with Crippen molar-refractivity contribution in [3.8, 4) is 0 Å². The largest absolute Gasteiger partial charge is 0.317 e. The van der Waals surface area contributed by atoms with E-state index in [1.165, 1.54) is 4.90 Å². The maximum absolute atomic E-state index is 12.5. The second kappa shape index (κ2) is 8.01. The van der Waals surface area contributed by atoms with Gasteiger partial charge in [-0.25, -0.2) is 4.68 Å². The molecule has 2 aromatic rings. The van der Waals surface area contributed by atoms with E-state index in [4.69, 9.17) is 0 Å². The number of aryl methyl sites for hydroxylation is 1. The zero-order chi connectivity index (χ0) is 17.8. The van der Waals surface area contributed by atoms with E-state index < -0.39 is 0 Å². The van der Waals surface area contributed by atoms with Crippen molar-refractivity contribution in [2.75, 3.05) is 18.4 Å². The van der Waals surface area contributed by atoms with Crippen LogP contribution in [0.5, 0.6) is 0 Å². The Bertz CT molecular complexity index is 720. The van der Waals surface area contributed by atoms with Crippen molar-refractivity contribution in [2.45, 2.75) is 42.8 Å². The highest BCUT2D eigenvalue weighted by atomic mass is 32.2. The highest BCUT2D eigenvalue weighted by Gasteiger charge is 2.21. The smallest absolute Gasteiger partial charge is 0.258 e. The fourth-order valence-corrected chi connectivity index (χ4v) is 3.73. The number of hydrogen-bond acceptors (Lipinski definition) is 5. The van der Waals surface area contributed by atoms with Gasteiger partial charge in [-0.15, -0.1) is 11.8 Å². The van der Waals surface area contributed by atoms with Gasteiger partial charge in [-0.1, -0.05) is 13.8 Å². The second-order valence-corrected chi connectivity index (χ2v) is 8.24. The highest BCUT2D eigenvalue weighted by molar-refractivity contribution is 7.99. The van der Waals surface area contributed by atoms with Crippen LogP contribution in [0.2, 0.25) is 0 Å². The second-order valence-electron chi connectivity index (χ2n) is 6.59. The molecule has 0 spiro atoms. The van der Waals surface area contributed by atoms with E-state index >= 15 is 0 Å². The standard InChI is InChI=1S/C18H25N5OS/c1-12(2)25-15-6-4-14(5-7-15)17(24)21-18-20-16(22-23(18)3)13-8-10-19-11-9-13/h4-7,12-13,19H,8-11H2,1-3H3,(H,20,21,22,24). The van der Waals surface area contributed by atoms with E-state index in [9.17, 15) is 4.79 Å². The van der Waals surface area contributed by atoms with E-state index in [1.807, 2.05) is 31.3 Å². The van der Waals surface area contributed by atoms with Crippen LogP contribution in [0.1, 0.15) is 48.8 Å². The average molecular weight is 359 g/mol. The Morgan fingerprint density at radius 3 is 2.60 bits per heavy atom. The Labute approximate surface area is 152 Å². The van der Waals surface area contributed by atoms with Gasteiger partial charge in [0.15, 0.2) is 5.82 Å². The number of thioether (sulfide) groups is 1. The summed E-state index contributed by atoms with van der Waals surface area (Å²) in [6.45, 7) is 6.29. The topological polar surface area (TPSA) is 71.8 Å². The third-order valence-corrected chi connectivity index (χ3v) is 5.21. The molecule has 1 aromatic heterocycles. The predicted molar refractivity (Wildman–Crippen MR) is 101 cm³/mol. The number of carbonyl (C=O) groups is 1. The van der Waals surface area contributed by atoms with E-state index in [0.717, 1.165) is 31.8 Å². The van der Waals surface area contributed by atoms with Crippen molar-refractivity contribution in [3.63, 3.8) is 0 Å². The monoisotopic (exact) mass is 359 g/mol. The molecule has 0 saturated carbocycles. The molecule has 25 heavy (non-hydrogen) atoms. The first-order valence-corrected chi connectivity index (χ1v) is 9.60. The molecule has 0 radical (unpaired) electrons. The fraction of sp³-hybridized carbons (Fsp3) is 0.500. The highest BCUT2D eigenvalue weighted by Crippen LogP contribution is 2.24. The fourth-order valence-electron chi connectivity index (χ4n) is 2.90. The third-order valence-electron chi connectivity index (χ3n) is 4.20. The van der Waals surface area contributed by atoms with Gasteiger partial charge in [-0.3, -0.25) is 10.1 Å². The van der Waals surface area contributed by atoms with Gasteiger partial charge in [0.1, 0.15) is 0 Å². The number of piperidine rings is 1. The average Bonchev–Trinajstić information content (AvgIpc) is 2.96. The molecule has 1 aliphatic heterocycles. The summed E-state index contributed by atoms with van der Waals surface area (Å²) in [6, 6.07) is 7.67. The SMILES string of the molecule is CC(C)Sc1ccc(C(=O)Nc2nc(C3CCNCC3)nn2C)cc1. The minimum atomic E-state index is -0.159. The van der Waals surface area contributed by atoms with Gasteiger partial charge in [-0.05, 0) is 50.2 Å². The molecule has 0 aliphatic carbocycles. The zero-order valence-corrected chi connectivity index (χ0v) is 15.8. The molecule has 134 valence electrons. The van der Waals surface area contributed by atoms with E-state index in [-0.39, 0.29) is 5.91 Å². The summed E-state index contributed by atoms with van der Waals surface area (Å²) in [4.78, 5) is 18.2. The summed E-state index contributed by atoms with van der Waals surface area (Å²) in [5, 5.41) is 11.2. The Balaban J connectivity index is 1.67. The molecule has 0 unspecified atom stereocenters. The number of carbonyl (C=O) groups excluding carboxylic acids is 1. The van der Waals surface area contributed by atoms with E-state index in [1.54, 1.807) is 16.4 Å². The van der Waals surface area contributed by atoms with Crippen molar-refractivity contribution < 1.29 is 4.79 Å². The van der Waals surface area contributed by atoms with Crippen LogP contribution in [0.3, 0.4) is 0 Å². The molecule has 3 rings (SSSR count). The summed E-state index contributed by atoms with van der Waals surface area (Å²) in [5.41, 5.74) is 0.625. The Hall–Kier alpha value is -1.86. The van der Waals surface area contributed by atoms with Gasteiger partial charge in [0, 0.05) is 28.7 Å². The van der Waals surface area contributed by atoms with Crippen LogP contribution in [0.25, 0.3) is 0 Å². The molecule has 7 heteroatoms.